The molecule has 0 unspecified atom stereocenters. The monoisotopic (exact) mass is 325 g/mol. The van der Waals surface area contributed by atoms with E-state index in [4.69, 9.17) is 4.74 Å². The summed E-state index contributed by atoms with van der Waals surface area (Å²) in [7, 11) is 1.66. The first-order valence-electron chi connectivity index (χ1n) is 6.93. The predicted octanol–water partition coefficient (Wildman–Crippen LogP) is 2.08. The van der Waals surface area contributed by atoms with Crippen LogP contribution in [0, 0.1) is 13.8 Å². The molecular weight excluding hydrogens is 306 g/mol. The van der Waals surface area contributed by atoms with Crippen molar-refractivity contribution in [2.24, 2.45) is 0 Å². The molecule has 1 aliphatic rings. The van der Waals surface area contributed by atoms with Gasteiger partial charge in [0.05, 0.1) is 5.69 Å². The number of aryl methyl sites for hydroxylation is 2. The number of hydrogen-bond donors (Lipinski definition) is 0. The van der Waals surface area contributed by atoms with E-state index in [0.717, 1.165) is 48.0 Å². The average molecular weight is 325 g/mol. The number of methoxy groups -OCH3 is 1. The molecule has 0 bridgehead atoms. The van der Waals surface area contributed by atoms with Crippen molar-refractivity contribution in [1.29, 1.82) is 0 Å². The molecule has 1 fully saturated rings. The van der Waals surface area contributed by atoms with Crippen LogP contribution >= 0.6 is 22.9 Å². The van der Waals surface area contributed by atoms with Gasteiger partial charge in [-0.15, -0.1) is 11.3 Å². The van der Waals surface area contributed by atoms with E-state index >= 15 is 0 Å². The molecule has 0 atom stereocenters. The Morgan fingerprint density at radius 2 is 1.71 bits per heavy atom. The largest absolute Gasteiger partial charge is 0.377 e. The van der Waals surface area contributed by atoms with E-state index in [1.165, 1.54) is 16.4 Å². The zero-order valence-electron chi connectivity index (χ0n) is 12.5. The summed E-state index contributed by atoms with van der Waals surface area (Å²) in [6.45, 7) is 8.55. The second-order valence-corrected chi connectivity index (χ2v) is 6.95. The smallest absolute Gasteiger partial charge is 0.205 e. The molecule has 114 valence electrons. The van der Waals surface area contributed by atoms with Crippen molar-refractivity contribution in [3.8, 4) is 0 Å². The number of rotatable bonds is 4. The number of ether oxygens (including phenoxy) is 1. The lowest BCUT2D eigenvalue weighted by Gasteiger charge is -2.34. The standard InChI is InChI=1S/C13H19N5OS2/c1-9-10(2)20-12(14-9)17-4-6-18(7-5-17)13-15-11(8-19-3)16-21-13/h4-8H2,1-3H3. The van der Waals surface area contributed by atoms with Crippen LogP contribution in [0.25, 0.3) is 0 Å². The molecule has 0 saturated carbocycles. The summed E-state index contributed by atoms with van der Waals surface area (Å²) in [5.41, 5.74) is 1.14. The van der Waals surface area contributed by atoms with Crippen molar-refractivity contribution in [1.82, 2.24) is 14.3 Å². The Morgan fingerprint density at radius 1 is 1.05 bits per heavy atom. The van der Waals surface area contributed by atoms with E-state index in [0.29, 0.717) is 6.61 Å². The highest BCUT2D eigenvalue weighted by Gasteiger charge is 2.22. The van der Waals surface area contributed by atoms with Crippen molar-refractivity contribution >= 4 is 33.1 Å². The SMILES string of the molecule is COCc1nsc(N2CCN(c3nc(C)c(C)s3)CC2)n1. The third-order valence-electron chi connectivity index (χ3n) is 3.57. The highest BCUT2D eigenvalue weighted by atomic mass is 32.1. The first kappa shape index (κ1) is 14.7. The van der Waals surface area contributed by atoms with Gasteiger partial charge in [-0.05, 0) is 13.8 Å². The maximum Gasteiger partial charge on any atom is 0.205 e. The fraction of sp³-hybridized carbons (Fsp3) is 0.615. The van der Waals surface area contributed by atoms with E-state index in [2.05, 4.69) is 38.0 Å². The zero-order chi connectivity index (χ0) is 14.8. The topological polar surface area (TPSA) is 54.4 Å². The van der Waals surface area contributed by atoms with Crippen LogP contribution in [0.5, 0.6) is 0 Å². The van der Waals surface area contributed by atoms with Crippen LogP contribution in [-0.4, -0.2) is 47.6 Å². The Kier molecular flexibility index (Phi) is 4.37. The van der Waals surface area contributed by atoms with E-state index in [1.807, 2.05) is 0 Å². The summed E-state index contributed by atoms with van der Waals surface area (Å²) in [6, 6.07) is 0. The van der Waals surface area contributed by atoms with Gasteiger partial charge in [-0.25, -0.2) is 9.97 Å². The van der Waals surface area contributed by atoms with Crippen molar-refractivity contribution in [3.05, 3.63) is 16.4 Å². The highest BCUT2D eigenvalue weighted by molar-refractivity contribution is 7.15. The summed E-state index contributed by atoms with van der Waals surface area (Å²) in [6.07, 6.45) is 0. The summed E-state index contributed by atoms with van der Waals surface area (Å²) >= 11 is 3.24. The van der Waals surface area contributed by atoms with Crippen LogP contribution in [0.1, 0.15) is 16.4 Å². The quantitative estimate of drug-likeness (QED) is 0.858. The maximum atomic E-state index is 5.06. The molecule has 0 spiro atoms. The summed E-state index contributed by atoms with van der Waals surface area (Å²) in [5.74, 6) is 0.770. The minimum atomic E-state index is 0.480. The molecule has 3 heterocycles. The molecule has 0 N–H and O–H groups in total. The molecule has 2 aromatic heterocycles. The van der Waals surface area contributed by atoms with Crippen LogP contribution in [0.3, 0.4) is 0 Å². The number of thiazole rings is 1. The molecule has 6 nitrogen and oxygen atoms in total. The number of hydrogen-bond acceptors (Lipinski definition) is 8. The fourth-order valence-electron chi connectivity index (χ4n) is 2.24. The molecule has 0 amide bonds. The lowest BCUT2D eigenvalue weighted by molar-refractivity contribution is 0.179. The van der Waals surface area contributed by atoms with Gasteiger partial charge in [0.2, 0.25) is 5.13 Å². The fourth-order valence-corrected chi connectivity index (χ4v) is 3.93. The Morgan fingerprint density at radius 3 is 2.29 bits per heavy atom. The molecule has 1 saturated heterocycles. The Balaban J connectivity index is 1.61. The van der Waals surface area contributed by atoms with Crippen molar-refractivity contribution in [2.75, 3.05) is 43.1 Å². The van der Waals surface area contributed by atoms with E-state index in [9.17, 15) is 0 Å². The van der Waals surface area contributed by atoms with Gasteiger partial charge >= 0.3 is 0 Å². The summed E-state index contributed by atoms with van der Waals surface area (Å²) < 4.78 is 9.38. The molecule has 21 heavy (non-hydrogen) atoms. The van der Waals surface area contributed by atoms with Crippen LogP contribution in [-0.2, 0) is 11.3 Å². The normalized spacial score (nSPS) is 15.8. The van der Waals surface area contributed by atoms with Gasteiger partial charge < -0.3 is 14.5 Å². The first-order chi connectivity index (χ1) is 10.2. The van der Waals surface area contributed by atoms with E-state index in [1.54, 1.807) is 18.4 Å². The Labute approximate surface area is 132 Å². The maximum absolute atomic E-state index is 5.06. The Bertz CT molecular complexity index is 584. The molecule has 0 radical (unpaired) electrons. The second-order valence-electron chi connectivity index (χ2n) is 5.04. The number of anilines is 2. The van der Waals surface area contributed by atoms with Gasteiger partial charge in [0.15, 0.2) is 11.0 Å². The molecule has 2 aromatic rings. The summed E-state index contributed by atoms with van der Waals surface area (Å²) in [4.78, 5) is 15.1. The highest BCUT2D eigenvalue weighted by Crippen LogP contribution is 2.27. The molecule has 1 aliphatic heterocycles. The van der Waals surface area contributed by atoms with Crippen LogP contribution in [0.15, 0.2) is 0 Å². The molecule has 0 aliphatic carbocycles. The third-order valence-corrected chi connectivity index (χ3v) is 5.52. The zero-order valence-corrected chi connectivity index (χ0v) is 14.1. The molecule has 8 heteroatoms. The van der Waals surface area contributed by atoms with Gasteiger partial charge in [-0.3, -0.25) is 0 Å². The Hall–Kier alpha value is -1.25. The van der Waals surface area contributed by atoms with Gasteiger partial charge in [-0.1, -0.05) is 0 Å². The van der Waals surface area contributed by atoms with Gasteiger partial charge in [0.25, 0.3) is 0 Å². The van der Waals surface area contributed by atoms with Crippen molar-refractivity contribution < 1.29 is 4.74 Å². The molecule has 0 aromatic carbocycles. The van der Waals surface area contributed by atoms with Gasteiger partial charge in [0.1, 0.15) is 6.61 Å². The van der Waals surface area contributed by atoms with Crippen LogP contribution < -0.4 is 9.80 Å². The van der Waals surface area contributed by atoms with Crippen LogP contribution in [0.4, 0.5) is 10.3 Å². The van der Waals surface area contributed by atoms with Gasteiger partial charge in [0, 0.05) is 49.7 Å². The minimum absolute atomic E-state index is 0.480. The number of aromatic nitrogens is 3. The van der Waals surface area contributed by atoms with Gasteiger partial charge in [-0.2, -0.15) is 4.37 Å². The summed E-state index contributed by atoms with van der Waals surface area (Å²) in [5, 5.41) is 2.13. The minimum Gasteiger partial charge on any atom is -0.377 e. The van der Waals surface area contributed by atoms with Crippen molar-refractivity contribution in [2.45, 2.75) is 20.5 Å². The predicted molar refractivity (Wildman–Crippen MR) is 86.6 cm³/mol. The lowest BCUT2D eigenvalue weighted by Crippen LogP contribution is -2.46. The lowest BCUT2D eigenvalue weighted by atomic mass is 10.3. The molecule has 3 rings (SSSR count). The van der Waals surface area contributed by atoms with E-state index < -0.39 is 0 Å². The second kappa shape index (κ2) is 6.25. The van der Waals surface area contributed by atoms with E-state index in [-0.39, 0.29) is 0 Å². The first-order valence-corrected chi connectivity index (χ1v) is 8.52. The number of nitrogens with zero attached hydrogens (tertiary/aromatic N) is 5. The van der Waals surface area contributed by atoms with Crippen LogP contribution in [0.2, 0.25) is 0 Å². The number of piperazine rings is 1. The molecular formula is C13H19N5OS2. The third kappa shape index (κ3) is 3.17. The average Bonchev–Trinajstić information content (AvgIpc) is 3.08. The van der Waals surface area contributed by atoms with Crippen molar-refractivity contribution in [3.63, 3.8) is 0 Å².